The van der Waals surface area contributed by atoms with E-state index in [1.165, 1.54) is 0 Å². The highest BCUT2D eigenvalue weighted by Gasteiger charge is 1.86. The summed E-state index contributed by atoms with van der Waals surface area (Å²) < 4.78 is 1.06. The molecule has 1 aromatic rings. The lowest BCUT2D eigenvalue weighted by atomic mass is 10.2. The predicted octanol–water partition coefficient (Wildman–Crippen LogP) is 1.86. The molecule has 0 bridgehead atoms. The number of aliphatic hydroxyl groups is 1. The number of hydrogen-bond donors (Lipinski definition) is 1. The second kappa shape index (κ2) is 5.06. The van der Waals surface area contributed by atoms with E-state index < -0.39 is 0 Å². The van der Waals surface area contributed by atoms with Gasteiger partial charge in [-0.2, -0.15) is 0 Å². The van der Waals surface area contributed by atoms with E-state index in [4.69, 9.17) is 5.11 Å². The lowest BCUT2D eigenvalue weighted by Crippen LogP contribution is -1.88. The SMILES string of the molecule is OCCN=Cc1ccc(Br)cc1. The largest absolute Gasteiger partial charge is 0.394 e. The van der Waals surface area contributed by atoms with Crippen LogP contribution in [-0.2, 0) is 0 Å². The van der Waals surface area contributed by atoms with Crippen LogP contribution in [0.25, 0.3) is 0 Å². The predicted molar refractivity (Wildman–Crippen MR) is 53.7 cm³/mol. The van der Waals surface area contributed by atoms with Crippen molar-refractivity contribution in [3.63, 3.8) is 0 Å². The van der Waals surface area contributed by atoms with Gasteiger partial charge in [-0.25, -0.2) is 0 Å². The van der Waals surface area contributed by atoms with Gasteiger partial charge in [0.1, 0.15) is 0 Å². The van der Waals surface area contributed by atoms with E-state index in [-0.39, 0.29) is 6.61 Å². The van der Waals surface area contributed by atoms with Gasteiger partial charge < -0.3 is 5.11 Å². The number of hydrogen-bond acceptors (Lipinski definition) is 2. The minimum absolute atomic E-state index is 0.104. The Kier molecular flexibility index (Phi) is 3.97. The summed E-state index contributed by atoms with van der Waals surface area (Å²) in [7, 11) is 0. The molecule has 0 atom stereocenters. The second-order valence-corrected chi connectivity index (χ2v) is 3.23. The highest BCUT2D eigenvalue weighted by atomic mass is 79.9. The molecular formula is C9H10BrNO. The van der Waals surface area contributed by atoms with E-state index >= 15 is 0 Å². The standard InChI is InChI=1S/C9H10BrNO/c10-9-3-1-8(2-4-9)7-11-5-6-12/h1-4,7,12H,5-6H2. The fourth-order valence-electron chi connectivity index (χ4n) is 0.777. The molecular weight excluding hydrogens is 218 g/mol. The van der Waals surface area contributed by atoms with Gasteiger partial charge in [-0.05, 0) is 17.7 Å². The Morgan fingerprint density at radius 1 is 1.33 bits per heavy atom. The van der Waals surface area contributed by atoms with Crippen LogP contribution >= 0.6 is 15.9 Å². The van der Waals surface area contributed by atoms with Gasteiger partial charge in [-0.15, -0.1) is 0 Å². The molecule has 0 saturated heterocycles. The van der Waals surface area contributed by atoms with Crippen LogP contribution in [0.4, 0.5) is 0 Å². The van der Waals surface area contributed by atoms with Crippen molar-refractivity contribution in [2.45, 2.75) is 0 Å². The van der Waals surface area contributed by atoms with E-state index in [1.54, 1.807) is 6.21 Å². The Hall–Kier alpha value is -0.670. The zero-order chi connectivity index (χ0) is 8.81. The molecule has 0 saturated carbocycles. The van der Waals surface area contributed by atoms with Gasteiger partial charge >= 0.3 is 0 Å². The van der Waals surface area contributed by atoms with Crippen molar-refractivity contribution in [1.82, 2.24) is 0 Å². The van der Waals surface area contributed by atoms with Crippen LogP contribution in [0.15, 0.2) is 33.7 Å². The van der Waals surface area contributed by atoms with Gasteiger partial charge in [0.25, 0.3) is 0 Å². The lowest BCUT2D eigenvalue weighted by Gasteiger charge is -1.92. The summed E-state index contributed by atoms with van der Waals surface area (Å²) >= 11 is 3.34. The minimum Gasteiger partial charge on any atom is -0.394 e. The van der Waals surface area contributed by atoms with Gasteiger partial charge in [0, 0.05) is 10.7 Å². The van der Waals surface area contributed by atoms with Gasteiger partial charge in [-0.1, -0.05) is 28.1 Å². The maximum Gasteiger partial charge on any atom is 0.0626 e. The van der Waals surface area contributed by atoms with Crippen molar-refractivity contribution < 1.29 is 5.11 Å². The summed E-state index contributed by atoms with van der Waals surface area (Å²) in [5.41, 5.74) is 1.05. The highest BCUT2D eigenvalue weighted by molar-refractivity contribution is 9.10. The molecule has 0 fully saturated rings. The maximum atomic E-state index is 8.47. The first-order valence-electron chi connectivity index (χ1n) is 3.69. The van der Waals surface area contributed by atoms with Crippen LogP contribution in [-0.4, -0.2) is 24.5 Å². The number of aliphatic imine (C=N–C) groups is 1. The minimum atomic E-state index is 0.104. The van der Waals surface area contributed by atoms with Crippen molar-refractivity contribution in [2.24, 2.45) is 4.99 Å². The summed E-state index contributed by atoms with van der Waals surface area (Å²) in [6.45, 7) is 0.573. The van der Waals surface area contributed by atoms with Crippen LogP contribution < -0.4 is 0 Å². The van der Waals surface area contributed by atoms with Crippen LogP contribution in [0.2, 0.25) is 0 Å². The first-order valence-corrected chi connectivity index (χ1v) is 4.48. The monoisotopic (exact) mass is 227 g/mol. The molecule has 12 heavy (non-hydrogen) atoms. The molecule has 0 aliphatic heterocycles. The Balaban J connectivity index is 2.58. The Bertz CT molecular complexity index is 256. The fourth-order valence-corrected chi connectivity index (χ4v) is 1.04. The van der Waals surface area contributed by atoms with Crippen molar-refractivity contribution >= 4 is 22.1 Å². The van der Waals surface area contributed by atoms with Gasteiger partial charge in [-0.3, -0.25) is 4.99 Å². The van der Waals surface area contributed by atoms with Crippen molar-refractivity contribution in [1.29, 1.82) is 0 Å². The first-order chi connectivity index (χ1) is 5.83. The number of nitrogens with zero attached hydrogens (tertiary/aromatic N) is 1. The quantitative estimate of drug-likeness (QED) is 0.787. The smallest absolute Gasteiger partial charge is 0.0626 e. The van der Waals surface area contributed by atoms with Crippen LogP contribution in [0.3, 0.4) is 0 Å². The summed E-state index contributed by atoms with van der Waals surface area (Å²) in [6.07, 6.45) is 1.75. The molecule has 0 unspecified atom stereocenters. The topological polar surface area (TPSA) is 32.6 Å². The van der Waals surface area contributed by atoms with Crippen LogP contribution in [0.5, 0.6) is 0 Å². The molecule has 1 aromatic carbocycles. The van der Waals surface area contributed by atoms with Crippen LogP contribution in [0, 0.1) is 0 Å². The summed E-state index contributed by atoms with van der Waals surface area (Å²) in [5, 5.41) is 8.47. The molecule has 2 nitrogen and oxygen atoms in total. The van der Waals surface area contributed by atoms with Crippen molar-refractivity contribution in [3.8, 4) is 0 Å². The average molecular weight is 228 g/mol. The zero-order valence-electron chi connectivity index (χ0n) is 6.57. The van der Waals surface area contributed by atoms with E-state index in [9.17, 15) is 0 Å². The van der Waals surface area contributed by atoms with E-state index in [1.807, 2.05) is 24.3 Å². The Labute approximate surface area is 80.1 Å². The van der Waals surface area contributed by atoms with E-state index in [0.717, 1.165) is 10.0 Å². The molecule has 1 rings (SSSR count). The molecule has 0 aliphatic carbocycles. The summed E-state index contributed by atoms with van der Waals surface area (Å²) in [5.74, 6) is 0. The van der Waals surface area contributed by atoms with Crippen molar-refractivity contribution in [3.05, 3.63) is 34.3 Å². The highest BCUT2D eigenvalue weighted by Crippen LogP contribution is 2.08. The lowest BCUT2D eigenvalue weighted by molar-refractivity contribution is 0.307. The number of halogens is 1. The molecule has 3 heteroatoms. The molecule has 0 heterocycles. The fraction of sp³-hybridized carbons (Fsp3) is 0.222. The molecule has 1 N–H and O–H groups in total. The number of aliphatic hydroxyl groups excluding tert-OH is 1. The Morgan fingerprint density at radius 3 is 2.58 bits per heavy atom. The first kappa shape index (κ1) is 9.42. The molecule has 0 aliphatic rings. The third-order valence-corrected chi connectivity index (χ3v) is 1.87. The van der Waals surface area contributed by atoms with Crippen molar-refractivity contribution in [2.75, 3.05) is 13.2 Å². The molecule has 0 spiro atoms. The third kappa shape index (κ3) is 3.15. The number of rotatable bonds is 3. The molecule has 0 aromatic heterocycles. The third-order valence-electron chi connectivity index (χ3n) is 1.34. The van der Waals surface area contributed by atoms with E-state index in [2.05, 4.69) is 20.9 Å². The average Bonchev–Trinajstić information content (AvgIpc) is 2.09. The molecule has 0 amide bonds. The van der Waals surface area contributed by atoms with E-state index in [0.29, 0.717) is 6.54 Å². The van der Waals surface area contributed by atoms with Gasteiger partial charge in [0.2, 0.25) is 0 Å². The zero-order valence-corrected chi connectivity index (χ0v) is 8.16. The Morgan fingerprint density at radius 2 is 2.00 bits per heavy atom. The molecule has 64 valence electrons. The van der Waals surface area contributed by atoms with Gasteiger partial charge in [0.15, 0.2) is 0 Å². The number of benzene rings is 1. The van der Waals surface area contributed by atoms with Gasteiger partial charge in [0.05, 0.1) is 13.2 Å². The second-order valence-electron chi connectivity index (χ2n) is 2.31. The summed E-state index contributed by atoms with van der Waals surface area (Å²) in [4.78, 5) is 4.00. The normalized spacial score (nSPS) is 10.8. The maximum absolute atomic E-state index is 8.47. The van der Waals surface area contributed by atoms with Crippen LogP contribution in [0.1, 0.15) is 5.56 Å². The molecule has 0 radical (unpaired) electrons. The summed E-state index contributed by atoms with van der Waals surface area (Å²) in [6, 6.07) is 7.84.